The highest BCUT2D eigenvalue weighted by Crippen LogP contribution is 2.18. The van der Waals surface area contributed by atoms with Crippen molar-refractivity contribution in [3.63, 3.8) is 0 Å². The van der Waals surface area contributed by atoms with Gasteiger partial charge in [0.1, 0.15) is 12.4 Å². The molecule has 3 heteroatoms. The van der Waals surface area contributed by atoms with Gasteiger partial charge in [-0.15, -0.1) is 0 Å². The van der Waals surface area contributed by atoms with Crippen LogP contribution in [0.4, 0.5) is 0 Å². The average molecular weight is 302 g/mol. The van der Waals surface area contributed by atoms with E-state index >= 15 is 0 Å². The first-order valence-electron chi connectivity index (χ1n) is 7.00. The minimum atomic E-state index is 0.250. The summed E-state index contributed by atoms with van der Waals surface area (Å²) in [7, 11) is 0. The van der Waals surface area contributed by atoms with Crippen LogP contribution < -0.4 is 10.1 Å². The molecule has 2 rings (SSSR count). The Morgan fingerprint density at radius 1 is 1.24 bits per heavy atom. The molecule has 0 unspecified atom stereocenters. The van der Waals surface area contributed by atoms with Gasteiger partial charge < -0.3 is 10.1 Å². The Labute approximate surface area is 131 Å². The predicted octanol–water partition coefficient (Wildman–Crippen LogP) is 4.76. The van der Waals surface area contributed by atoms with Crippen molar-refractivity contribution in [2.75, 3.05) is 6.61 Å². The second-order valence-electron chi connectivity index (χ2n) is 4.90. The maximum absolute atomic E-state index is 6.02. The Bertz CT molecular complexity index is 580. The fourth-order valence-corrected chi connectivity index (χ4v) is 2.22. The monoisotopic (exact) mass is 301 g/mol. The summed E-state index contributed by atoms with van der Waals surface area (Å²) < 4.78 is 5.47. The lowest BCUT2D eigenvalue weighted by Crippen LogP contribution is -2.17. The van der Waals surface area contributed by atoms with Crippen molar-refractivity contribution in [3.05, 3.63) is 77.3 Å². The Balaban J connectivity index is 1.89. The van der Waals surface area contributed by atoms with Gasteiger partial charge in [0.25, 0.3) is 0 Å². The summed E-state index contributed by atoms with van der Waals surface area (Å²) in [6, 6.07) is 16.3. The second-order valence-corrected chi connectivity index (χ2v) is 5.34. The van der Waals surface area contributed by atoms with Gasteiger partial charge in [-0.05, 0) is 42.3 Å². The van der Waals surface area contributed by atoms with Gasteiger partial charge in [-0.25, -0.2) is 0 Å². The highest BCUT2D eigenvalue weighted by molar-refractivity contribution is 6.30. The van der Waals surface area contributed by atoms with Crippen LogP contribution in [0.25, 0.3) is 0 Å². The molecule has 0 bridgehead atoms. The molecular weight excluding hydrogens is 282 g/mol. The van der Waals surface area contributed by atoms with Crippen LogP contribution in [-0.4, -0.2) is 6.61 Å². The SMILES string of the molecule is C=CCOc1ccc(CN[C@@H](C)c2cccc(Cl)c2)cc1. The minimum Gasteiger partial charge on any atom is -0.490 e. The number of halogens is 1. The summed E-state index contributed by atoms with van der Waals surface area (Å²) in [6.07, 6.45) is 1.74. The zero-order valence-electron chi connectivity index (χ0n) is 12.2. The van der Waals surface area contributed by atoms with Crippen LogP contribution in [0, 0.1) is 0 Å². The molecule has 21 heavy (non-hydrogen) atoms. The summed E-state index contributed by atoms with van der Waals surface area (Å²) in [5.74, 6) is 0.863. The molecule has 0 amide bonds. The van der Waals surface area contributed by atoms with E-state index in [1.807, 2.05) is 30.3 Å². The van der Waals surface area contributed by atoms with Gasteiger partial charge in [0.2, 0.25) is 0 Å². The Hall–Kier alpha value is -1.77. The Kier molecular flexibility index (Phi) is 5.85. The summed E-state index contributed by atoms with van der Waals surface area (Å²) in [5.41, 5.74) is 2.41. The lowest BCUT2D eigenvalue weighted by Gasteiger charge is -2.15. The van der Waals surface area contributed by atoms with Gasteiger partial charge in [-0.3, -0.25) is 0 Å². The molecule has 0 heterocycles. The van der Waals surface area contributed by atoms with Crippen molar-refractivity contribution in [2.45, 2.75) is 19.5 Å². The van der Waals surface area contributed by atoms with Gasteiger partial charge in [0, 0.05) is 17.6 Å². The fraction of sp³-hybridized carbons (Fsp3) is 0.222. The number of nitrogens with one attached hydrogen (secondary N) is 1. The topological polar surface area (TPSA) is 21.3 Å². The van der Waals surface area contributed by atoms with E-state index in [4.69, 9.17) is 16.3 Å². The van der Waals surface area contributed by atoms with Crippen LogP contribution in [0.2, 0.25) is 5.02 Å². The van der Waals surface area contributed by atoms with E-state index in [2.05, 4.69) is 37.0 Å². The van der Waals surface area contributed by atoms with E-state index in [0.29, 0.717) is 6.61 Å². The lowest BCUT2D eigenvalue weighted by atomic mass is 10.1. The molecule has 0 radical (unpaired) electrons. The molecule has 0 fully saturated rings. The largest absolute Gasteiger partial charge is 0.490 e. The van der Waals surface area contributed by atoms with Crippen molar-refractivity contribution in [2.24, 2.45) is 0 Å². The molecule has 0 aliphatic heterocycles. The Morgan fingerprint density at radius 3 is 2.67 bits per heavy atom. The zero-order valence-corrected chi connectivity index (χ0v) is 12.9. The molecule has 0 spiro atoms. The Morgan fingerprint density at radius 2 is 2.00 bits per heavy atom. The smallest absolute Gasteiger partial charge is 0.119 e. The van der Waals surface area contributed by atoms with E-state index in [0.717, 1.165) is 17.3 Å². The van der Waals surface area contributed by atoms with Crippen LogP contribution >= 0.6 is 11.6 Å². The standard InChI is InChI=1S/C18H20ClNO/c1-3-11-21-18-9-7-15(8-10-18)13-20-14(2)16-5-4-6-17(19)12-16/h3-10,12,14,20H,1,11,13H2,2H3/t14-/m0/s1. The van der Waals surface area contributed by atoms with E-state index in [1.54, 1.807) is 6.08 Å². The molecule has 2 nitrogen and oxygen atoms in total. The number of hydrogen-bond acceptors (Lipinski definition) is 2. The third-order valence-corrected chi connectivity index (χ3v) is 3.49. The third kappa shape index (κ3) is 4.92. The fourth-order valence-electron chi connectivity index (χ4n) is 2.02. The predicted molar refractivity (Wildman–Crippen MR) is 88.8 cm³/mol. The van der Waals surface area contributed by atoms with E-state index in [9.17, 15) is 0 Å². The van der Waals surface area contributed by atoms with Crippen molar-refractivity contribution < 1.29 is 4.74 Å². The first-order valence-corrected chi connectivity index (χ1v) is 7.38. The van der Waals surface area contributed by atoms with Crippen molar-refractivity contribution in [3.8, 4) is 5.75 Å². The summed E-state index contributed by atoms with van der Waals surface area (Å²) >= 11 is 6.02. The number of rotatable bonds is 7. The van der Waals surface area contributed by atoms with E-state index < -0.39 is 0 Å². The molecule has 0 aliphatic rings. The molecule has 2 aromatic carbocycles. The summed E-state index contributed by atoms with van der Waals surface area (Å²) in [4.78, 5) is 0. The number of ether oxygens (including phenoxy) is 1. The lowest BCUT2D eigenvalue weighted by molar-refractivity contribution is 0.363. The van der Waals surface area contributed by atoms with Crippen LogP contribution in [0.3, 0.4) is 0 Å². The number of hydrogen-bond donors (Lipinski definition) is 1. The van der Waals surface area contributed by atoms with Gasteiger partial charge in [-0.2, -0.15) is 0 Å². The van der Waals surface area contributed by atoms with E-state index in [-0.39, 0.29) is 6.04 Å². The first-order chi connectivity index (χ1) is 10.2. The van der Waals surface area contributed by atoms with Crippen LogP contribution in [0.5, 0.6) is 5.75 Å². The summed E-state index contributed by atoms with van der Waals surface area (Å²) in [5, 5.41) is 4.26. The highest BCUT2D eigenvalue weighted by Gasteiger charge is 2.05. The zero-order chi connectivity index (χ0) is 15.1. The average Bonchev–Trinajstić information content (AvgIpc) is 2.51. The molecule has 2 aromatic rings. The molecule has 1 N–H and O–H groups in total. The second kappa shape index (κ2) is 7.87. The van der Waals surface area contributed by atoms with Gasteiger partial charge in [0.05, 0.1) is 0 Å². The molecule has 0 aromatic heterocycles. The molecule has 1 atom stereocenters. The third-order valence-electron chi connectivity index (χ3n) is 3.25. The van der Waals surface area contributed by atoms with Crippen LogP contribution in [0.15, 0.2) is 61.2 Å². The molecule has 0 aliphatic carbocycles. The van der Waals surface area contributed by atoms with Crippen molar-refractivity contribution in [1.82, 2.24) is 5.32 Å². The molecule has 0 saturated heterocycles. The maximum Gasteiger partial charge on any atom is 0.119 e. The molecular formula is C18H20ClNO. The minimum absolute atomic E-state index is 0.250. The first kappa shape index (κ1) is 15.6. The summed E-state index contributed by atoms with van der Waals surface area (Å²) in [6.45, 7) is 7.10. The highest BCUT2D eigenvalue weighted by atomic mass is 35.5. The van der Waals surface area contributed by atoms with Crippen molar-refractivity contribution in [1.29, 1.82) is 0 Å². The van der Waals surface area contributed by atoms with Gasteiger partial charge in [0.15, 0.2) is 0 Å². The number of benzene rings is 2. The van der Waals surface area contributed by atoms with Gasteiger partial charge in [-0.1, -0.05) is 48.5 Å². The quantitative estimate of drug-likeness (QED) is 0.745. The molecule has 0 saturated carbocycles. The van der Waals surface area contributed by atoms with Crippen LogP contribution in [0.1, 0.15) is 24.1 Å². The van der Waals surface area contributed by atoms with Crippen LogP contribution in [-0.2, 0) is 6.54 Å². The van der Waals surface area contributed by atoms with Gasteiger partial charge >= 0.3 is 0 Å². The maximum atomic E-state index is 6.02. The van der Waals surface area contributed by atoms with Crippen molar-refractivity contribution >= 4 is 11.6 Å². The van der Waals surface area contributed by atoms with E-state index in [1.165, 1.54) is 11.1 Å². The molecule has 110 valence electrons. The normalized spacial score (nSPS) is 11.9.